The Balaban J connectivity index is 2.81. The minimum atomic E-state index is -0.132. The zero-order valence-corrected chi connectivity index (χ0v) is 11.3. The Hall–Kier alpha value is -1.42. The first-order valence-electron chi connectivity index (χ1n) is 4.88. The van der Waals surface area contributed by atoms with Crippen molar-refractivity contribution in [3.05, 3.63) is 33.9 Å². The highest BCUT2D eigenvalue weighted by molar-refractivity contribution is 6.36. The van der Waals surface area contributed by atoms with Gasteiger partial charge in [0.2, 0.25) is 0 Å². The monoisotopic (exact) mass is 219 g/mol. The second-order valence-electron chi connectivity index (χ2n) is 4.04. The van der Waals surface area contributed by atoms with Crippen LogP contribution in [0.25, 0.3) is 0 Å². The Morgan fingerprint density at radius 3 is 2.27 bits per heavy atom. The molecule has 0 spiro atoms. The molecular weight excluding hydrogens is 206 g/mol. The lowest BCUT2D eigenvalue weighted by Gasteiger charge is -2.08. The minimum absolute atomic E-state index is 0.123. The zero-order valence-electron chi connectivity index (χ0n) is 9.34. The molecule has 1 aromatic rings. The second-order valence-corrected chi connectivity index (χ2v) is 4.93. The van der Waals surface area contributed by atoms with Crippen molar-refractivity contribution < 1.29 is 9.59 Å². The molecule has 15 heavy (non-hydrogen) atoms. The molecule has 3 nitrogen and oxygen atoms in total. The Morgan fingerprint density at radius 2 is 1.67 bits per heavy atom. The number of nitrogens with zero attached hydrogens (tertiary/aromatic N) is 1. The molecule has 0 saturated heterocycles. The standard InChI is InChI=1S/C11H13NO2Si/c1-5-4-8-9(7(3)6(5)2)11(14)12(15)10(8)13/h4H,1-3,15H3. The van der Waals surface area contributed by atoms with Gasteiger partial charge in [0.15, 0.2) is 0 Å². The average molecular weight is 219 g/mol. The summed E-state index contributed by atoms with van der Waals surface area (Å²) in [6, 6.07) is 1.83. The van der Waals surface area contributed by atoms with Crippen LogP contribution in [0.3, 0.4) is 0 Å². The molecule has 0 radical (unpaired) electrons. The van der Waals surface area contributed by atoms with E-state index < -0.39 is 0 Å². The summed E-state index contributed by atoms with van der Waals surface area (Å²) in [4.78, 5) is 23.6. The fourth-order valence-corrected chi connectivity index (χ4v) is 2.43. The van der Waals surface area contributed by atoms with Gasteiger partial charge in [-0.05, 0) is 43.5 Å². The largest absolute Gasteiger partial charge is 0.313 e. The van der Waals surface area contributed by atoms with Crippen LogP contribution in [0.1, 0.15) is 37.4 Å². The number of hydrogen-bond donors (Lipinski definition) is 0. The minimum Gasteiger partial charge on any atom is -0.313 e. The number of fused-ring (bicyclic) bond motifs is 1. The molecule has 2 rings (SSSR count). The smallest absolute Gasteiger partial charge is 0.253 e. The summed E-state index contributed by atoms with van der Waals surface area (Å²) >= 11 is 0. The van der Waals surface area contributed by atoms with E-state index >= 15 is 0 Å². The molecule has 0 fully saturated rings. The van der Waals surface area contributed by atoms with Crippen LogP contribution in [0.5, 0.6) is 0 Å². The van der Waals surface area contributed by atoms with E-state index in [0.29, 0.717) is 21.5 Å². The summed E-state index contributed by atoms with van der Waals surface area (Å²) in [6.07, 6.45) is 0. The van der Waals surface area contributed by atoms with Gasteiger partial charge in [-0.15, -0.1) is 0 Å². The molecule has 0 atom stereocenters. The summed E-state index contributed by atoms with van der Waals surface area (Å²) in [7, 11) is 0.452. The van der Waals surface area contributed by atoms with Crippen molar-refractivity contribution in [2.75, 3.05) is 0 Å². The van der Waals surface area contributed by atoms with Crippen LogP contribution in [-0.2, 0) is 0 Å². The van der Waals surface area contributed by atoms with Gasteiger partial charge in [-0.25, -0.2) is 0 Å². The fraction of sp³-hybridized carbons (Fsp3) is 0.273. The van der Waals surface area contributed by atoms with E-state index in [1.807, 2.05) is 26.8 Å². The lowest BCUT2D eigenvalue weighted by atomic mass is 9.95. The number of carbonyl (C=O) groups excluding carboxylic acids is 2. The van der Waals surface area contributed by atoms with Gasteiger partial charge in [-0.1, -0.05) is 0 Å². The zero-order chi connectivity index (χ0) is 11.3. The van der Waals surface area contributed by atoms with Crippen molar-refractivity contribution >= 4 is 22.2 Å². The van der Waals surface area contributed by atoms with Crippen molar-refractivity contribution in [1.82, 2.24) is 4.57 Å². The fourth-order valence-electron chi connectivity index (χ4n) is 1.97. The third kappa shape index (κ3) is 1.18. The van der Waals surface area contributed by atoms with Crippen LogP contribution in [-0.4, -0.2) is 26.8 Å². The Morgan fingerprint density at radius 1 is 1.07 bits per heavy atom. The summed E-state index contributed by atoms with van der Waals surface area (Å²) in [6.45, 7) is 5.86. The molecule has 0 unspecified atom stereocenters. The molecule has 0 aromatic heterocycles. The van der Waals surface area contributed by atoms with E-state index in [2.05, 4.69) is 0 Å². The van der Waals surface area contributed by atoms with Crippen LogP contribution < -0.4 is 0 Å². The van der Waals surface area contributed by atoms with E-state index in [1.165, 1.54) is 4.57 Å². The van der Waals surface area contributed by atoms with Crippen molar-refractivity contribution in [3.8, 4) is 0 Å². The number of benzene rings is 1. The topological polar surface area (TPSA) is 37.4 Å². The summed E-state index contributed by atoms with van der Waals surface area (Å²) in [5.41, 5.74) is 4.31. The highest BCUT2D eigenvalue weighted by Gasteiger charge is 2.34. The van der Waals surface area contributed by atoms with Gasteiger partial charge in [0.1, 0.15) is 10.4 Å². The van der Waals surface area contributed by atoms with Crippen molar-refractivity contribution in [3.63, 3.8) is 0 Å². The third-order valence-corrected chi connectivity index (χ3v) is 4.03. The van der Waals surface area contributed by atoms with Crippen LogP contribution >= 0.6 is 0 Å². The van der Waals surface area contributed by atoms with Gasteiger partial charge in [-0.3, -0.25) is 9.59 Å². The van der Waals surface area contributed by atoms with E-state index in [9.17, 15) is 9.59 Å². The molecule has 0 saturated carbocycles. The van der Waals surface area contributed by atoms with Crippen LogP contribution in [0.4, 0.5) is 0 Å². The van der Waals surface area contributed by atoms with Crippen molar-refractivity contribution in [2.45, 2.75) is 20.8 Å². The molecule has 2 amide bonds. The lowest BCUT2D eigenvalue weighted by Crippen LogP contribution is -2.26. The molecule has 0 aliphatic carbocycles. The van der Waals surface area contributed by atoms with E-state index in [1.54, 1.807) is 0 Å². The number of carbonyl (C=O) groups is 2. The second kappa shape index (κ2) is 3.03. The maximum absolute atomic E-state index is 11.8. The summed E-state index contributed by atoms with van der Waals surface area (Å²) < 4.78 is 1.32. The summed E-state index contributed by atoms with van der Waals surface area (Å²) in [5.74, 6) is -0.255. The van der Waals surface area contributed by atoms with Crippen LogP contribution in [0.15, 0.2) is 6.07 Å². The maximum atomic E-state index is 11.8. The number of imide groups is 1. The number of hydrogen-bond acceptors (Lipinski definition) is 2. The molecule has 1 aromatic carbocycles. The van der Waals surface area contributed by atoms with Gasteiger partial charge < -0.3 is 4.57 Å². The SMILES string of the molecule is Cc1cc2c(c(C)c1C)C(=O)N([SiH3])C2=O. The average Bonchev–Trinajstić information content (AvgIpc) is 2.40. The Kier molecular flexibility index (Phi) is 2.04. The predicted molar refractivity (Wildman–Crippen MR) is 61.1 cm³/mol. The van der Waals surface area contributed by atoms with Crippen LogP contribution in [0, 0.1) is 20.8 Å². The lowest BCUT2D eigenvalue weighted by molar-refractivity contribution is 0.0766. The normalized spacial score (nSPS) is 15.0. The van der Waals surface area contributed by atoms with Gasteiger partial charge in [0.25, 0.3) is 11.8 Å². The highest BCUT2D eigenvalue weighted by Crippen LogP contribution is 2.28. The Labute approximate surface area is 91.6 Å². The molecular formula is C11H13NO2Si. The van der Waals surface area contributed by atoms with Crippen LogP contribution in [0.2, 0.25) is 0 Å². The quantitative estimate of drug-likeness (QED) is 0.470. The molecule has 0 N–H and O–H groups in total. The van der Waals surface area contributed by atoms with E-state index in [4.69, 9.17) is 0 Å². The first kappa shape index (κ1) is 10.1. The van der Waals surface area contributed by atoms with E-state index in [-0.39, 0.29) is 11.8 Å². The number of aryl methyl sites for hydroxylation is 1. The molecule has 4 heteroatoms. The van der Waals surface area contributed by atoms with Gasteiger partial charge in [-0.2, -0.15) is 0 Å². The molecule has 78 valence electrons. The first-order valence-corrected chi connectivity index (χ1v) is 5.77. The summed E-state index contributed by atoms with van der Waals surface area (Å²) in [5, 5.41) is 0. The number of rotatable bonds is 0. The maximum Gasteiger partial charge on any atom is 0.253 e. The van der Waals surface area contributed by atoms with Gasteiger partial charge >= 0.3 is 0 Å². The molecule has 0 bridgehead atoms. The van der Waals surface area contributed by atoms with Gasteiger partial charge in [0.05, 0.1) is 11.1 Å². The van der Waals surface area contributed by atoms with Crippen molar-refractivity contribution in [2.24, 2.45) is 0 Å². The highest BCUT2D eigenvalue weighted by atomic mass is 28.2. The predicted octanol–water partition coefficient (Wildman–Crippen LogP) is 0.488. The van der Waals surface area contributed by atoms with Crippen molar-refractivity contribution in [1.29, 1.82) is 0 Å². The molecule has 1 aliphatic rings. The number of amides is 2. The Bertz CT molecular complexity index is 494. The molecule has 1 aliphatic heterocycles. The molecule has 1 heterocycles. The van der Waals surface area contributed by atoms with Gasteiger partial charge in [0, 0.05) is 0 Å². The van der Waals surface area contributed by atoms with E-state index in [0.717, 1.165) is 16.7 Å². The first-order chi connectivity index (χ1) is 6.95. The third-order valence-electron chi connectivity index (χ3n) is 3.21.